The van der Waals surface area contributed by atoms with E-state index < -0.39 is 4.92 Å². The number of rotatable bonds is 3. The maximum atomic E-state index is 11.6. The lowest BCUT2D eigenvalue weighted by Gasteiger charge is -2.32. The molecule has 1 aromatic heterocycles. The van der Waals surface area contributed by atoms with Gasteiger partial charge in [-0.25, -0.2) is 4.98 Å². The number of hydrogen-bond acceptors (Lipinski definition) is 4. The summed E-state index contributed by atoms with van der Waals surface area (Å²) in [6.45, 7) is 0. The van der Waals surface area contributed by atoms with E-state index in [4.69, 9.17) is 5.73 Å². The predicted octanol–water partition coefficient (Wildman–Crippen LogP) is 0.142. The van der Waals surface area contributed by atoms with E-state index in [1.807, 2.05) is 0 Å². The van der Waals surface area contributed by atoms with Crippen LogP contribution in [0.25, 0.3) is 0 Å². The van der Waals surface area contributed by atoms with Crippen molar-refractivity contribution >= 4 is 11.7 Å². The molecule has 0 unspecified atom stereocenters. The molecule has 0 bridgehead atoms. The van der Waals surface area contributed by atoms with Gasteiger partial charge in [0.1, 0.15) is 0 Å². The van der Waals surface area contributed by atoms with Gasteiger partial charge in [0.2, 0.25) is 0 Å². The number of nitro groups is 1. The van der Waals surface area contributed by atoms with Gasteiger partial charge in [-0.15, -0.1) is 0 Å². The third kappa shape index (κ3) is 2.03. The fourth-order valence-electron chi connectivity index (χ4n) is 1.67. The van der Waals surface area contributed by atoms with Crippen molar-refractivity contribution in [3.8, 4) is 0 Å². The van der Waals surface area contributed by atoms with Crippen molar-refractivity contribution in [1.29, 1.82) is 0 Å². The van der Waals surface area contributed by atoms with E-state index in [0.717, 1.165) is 12.8 Å². The molecule has 1 heterocycles. The van der Waals surface area contributed by atoms with Crippen LogP contribution >= 0.6 is 0 Å². The Balaban J connectivity index is 1.95. The van der Waals surface area contributed by atoms with E-state index in [0.29, 0.717) is 0 Å². The van der Waals surface area contributed by atoms with E-state index in [-0.39, 0.29) is 29.5 Å². The van der Waals surface area contributed by atoms with Gasteiger partial charge >= 0.3 is 5.82 Å². The molecule has 0 radical (unpaired) electrons. The number of amides is 1. The first-order chi connectivity index (χ1) is 7.56. The van der Waals surface area contributed by atoms with Crippen LogP contribution in [0, 0.1) is 10.1 Å². The molecule has 4 N–H and O–H groups in total. The smallest absolute Gasteiger partial charge is 0.321 e. The molecule has 86 valence electrons. The molecule has 0 atom stereocenters. The normalized spacial score (nSPS) is 23.6. The van der Waals surface area contributed by atoms with Crippen molar-refractivity contribution in [3.63, 3.8) is 0 Å². The molecule has 0 aliphatic heterocycles. The number of carbonyl (C=O) groups excluding carboxylic acids is 1. The summed E-state index contributed by atoms with van der Waals surface area (Å²) in [6.07, 6.45) is 1.52. The predicted molar refractivity (Wildman–Crippen MR) is 55.9 cm³/mol. The largest absolute Gasteiger partial charge is 0.358 e. The number of nitrogens with one attached hydrogen (secondary N) is 2. The highest BCUT2D eigenvalue weighted by Gasteiger charge is 2.28. The molecule has 0 saturated heterocycles. The molecule has 7 heteroatoms. The molecule has 1 aliphatic carbocycles. The third-order valence-electron chi connectivity index (χ3n) is 2.62. The monoisotopic (exact) mass is 224 g/mol. The number of aromatic nitrogens is 1. The molecular weight excluding hydrogens is 212 g/mol. The van der Waals surface area contributed by atoms with E-state index in [1.165, 1.54) is 12.1 Å². The van der Waals surface area contributed by atoms with Gasteiger partial charge in [-0.05, 0) is 23.8 Å². The summed E-state index contributed by atoms with van der Waals surface area (Å²) >= 11 is 0. The van der Waals surface area contributed by atoms with E-state index in [1.54, 1.807) is 0 Å². The molecule has 1 fully saturated rings. The lowest BCUT2D eigenvalue weighted by Crippen LogP contribution is -2.50. The van der Waals surface area contributed by atoms with Crippen molar-refractivity contribution in [3.05, 3.63) is 27.9 Å². The molecule has 7 nitrogen and oxygen atoms in total. The molecule has 1 amide bonds. The Kier molecular flexibility index (Phi) is 2.61. The van der Waals surface area contributed by atoms with Crippen molar-refractivity contribution in [2.24, 2.45) is 5.73 Å². The van der Waals surface area contributed by atoms with Crippen molar-refractivity contribution < 1.29 is 9.72 Å². The minimum atomic E-state index is -0.573. The molecule has 0 aromatic carbocycles. The van der Waals surface area contributed by atoms with Crippen LogP contribution < -0.4 is 11.1 Å². The molecule has 16 heavy (non-hydrogen) atoms. The van der Waals surface area contributed by atoms with Crippen LogP contribution in [0.4, 0.5) is 5.82 Å². The number of nitrogens with two attached hydrogens (primary N) is 1. The average Bonchev–Trinajstić information content (AvgIpc) is 2.63. The maximum Gasteiger partial charge on any atom is 0.321 e. The quantitative estimate of drug-likeness (QED) is 0.500. The SMILES string of the molecule is NC1CC(NC(=O)c2ccc([N+](=O)[O-])[nH]2)C1. The second-order valence-corrected chi connectivity index (χ2v) is 3.92. The van der Waals surface area contributed by atoms with Crippen LogP contribution in [0.1, 0.15) is 23.3 Å². The lowest BCUT2D eigenvalue weighted by atomic mass is 9.87. The van der Waals surface area contributed by atoms with Gasteiger partial charge in [-0.3, -0.25) is 4.79 Å². The summed E-state index contributed by atoms with van der Waals surface area (Å²) in [4.78, 5) is 23.8. The fourth-order valence-corrected chi connectivity index (χ4v) is 1.67. The van der Waals surface area contributed by atoms with Gasteiger partial charge in [0, 0.05) is 18.2 Å². The van der Waals surface area contributed by atoms with Crippen LogP contribution in [0.15, 0.2) is 12.1 Å². The van der Waals surface area contributed by atoms with Gasteiger partial charge in [0.25, 0.3) is 5.91 Å². The zero-order valence-corrected chi connectivity index (χ0v) is 8.47. The van der Waals surface area contributed by atoms with Crippen LogP contribution in [0.2, 0.25) is 0 Å². The van der Waals surface area contributed by atoms with Crippen LogP contribution in [0.5, 0.6) is 0 Å². The minimum Gasteiger partial charge on any atom is -0.358 e. The standard InChI is InChI=1S/C9H12N4O3/c10-5-3-6(4-5)11-9(14)7-1-2-8(12-7)13(15)16/h1-2,5-6,12H,3-4,10H2,(H,11,14). The van der Waals surface area contributed by atoms with Crippen LogP contribution in [-0.4, -0.2) is 27.9 Å². The average molecular weight is 224 g/mol. The number of nitrogens with zero attached hydrogens (tertiary/aromatic N) is 1. The highest BCUT2D eigenvalue weighted by atomic mass is 16.6. The number of carbonyl (C=O) groups is 1. The van der Waals surface area contributed by atoms with Crippen molar-refractivity contribution in [2.45, 2.75) is 24.9 Å². The van der Waals surface area contributed by atoms with E-state index >= 15 is 0 Å². The number of aromatic amines is 1. The fraction of sp³-hybridized carbons (Fsp3) is 0.444. The molecule has 0 spiro atoms. The summed E-state index contributed by atoms with van der Waals surface area (Å²) in [7, 11) is 0. The number of H-pyrrole nitrogens is 1. The Morgan fingerprint density at radius 1 is 1.56 bits per heavy atom. The number of hydrogen-bond donors (Lipinski definition) is 3. The highest BCUT2D eigenvalue weighted by Crippen LogP contribution is 2.18. The zero-order chi connectivity index (χ0) is 11.7. The van der Waals surface area contributed by atoms with Crippen molar-refractivity contribution in [2.75, 3.05) is 0 Å². The molecule has 1 saturated carbocycles. The lowest BCUT2D eigenvalue weighted by molar-refractivity contribution is -0.389. The molecule has 2 rings (SSSR count). The van der Waals surface area contributed by atoms with Gasteiger partial charge in [0.05, 0.1) is 0 Å². The molecular formula is C9H12N4O3. The second-order valence-electron chi connectivity index (χ2n) is 3.92. The summed E-state index contributed by atoms with van der Waals surface area (Å²) in [5.41, 5.74) is 5.78. The Bertz CT molecular complexity index is 422. The Hall–Kier alpha value is -1.89. The first-order valence-corrected chi connectivity index (χ1v) is 4.96. The van der Waals surface area contributed by atoms with E-state index in [2.05, 4.69) is 10.3 Å². The van der Waals surface area contributed by atoms with Gasteiger partial charge < -0.3 is 21.2 Å². The van der Waals surface area contributed by atoms with Gasteiger partial charge in [0.15, 0.2) is 5.69 Å². The first kappa shape index (κ1) is 10.6. The zero-order valence-electron chi connectivity index (χ0n) is 8.47. The summed E-state index contributed by atoms with van der Waals surface area (Å²) < 4.78 is 0. The third-order valence-corrected chi connectivity index (χ3v) is 2.62. The van der Waals surface area contributed by atoms with Gasteiger partial charge in [-0.2, -0.15) is 0 Å². The first-order valence-electron chi connectivity index (χ1n) is 4.96. The highest BCUT2D eigenvalue weighted by molar-refractivity contribution is 5.93. The van der Waals surface area contributed by atoms with Crippen LogP contribution in [-0.2, 0) is 0 Å². The van der Waals surface area contributed by atoms with Gasteiger partial charge in [-0.1, -0.05) is 0 Å². The molecule has 1 aliphatic rings. The van der Waals surface area contributed by atoms with Crippen molar-refractivity contribution in [1.82, 2.24) is 10.3 Å². The maximum absolute atomic E-state index is 11.6. The Morgan fingerprint density at radius 3 is 2.75 bits per heavy atom. The van der Waals surface area contributed by atoms with E-state index in [9.17, 15) is 14.9 Å². The summed E-state index contributed by atoms with van der Waals surface area (Å²) in [6, 6.07) is 2.90. The second kappa shape index (κ2) is 3.93. The topological polar surface area (TPSA) is 114 Å². The Morgan fingerprint density at radius 2 is 2.25 bits per heavy atom. The summed E-state index contributed by atoms with van der Waals surface area (Å²) in [5, 5.41) is 13.1. The minimum absolute atomic E-state index is 0.0878. The van der Waals surface area contributed by atoms with Crippen LogP contribution in [0.3, 0.4) is 0 Å². The summed E-state index contributed by atoms with van der Waals surface area (Å²) in [5.74, 6) is -0.513. The molecule has 1 aromatic rings. The Labute approximate surface area is 91.2 Å².